The Bertz CT molecular complexity index is 582. The van der Waals surface area contributed by atoms with Crippen molar-refractivity contribution in [2.45, 2.75) is 13.3 Å². The monoisotopic (exact) mass is 273 g/mol. The van der Waals surface area contributed by atoms with Crippen LogP contribution in [0.2, 0.25) is 0 Å². The van der Waals surface area contributed by atoms with Crippen LogP contribution in [0.25, 0.3) is 11.0 Å². The largest absolute Gasteiger partial charge is 0.474 e. The molecule has 1 aliphatic rings. The second-order valence-electron chi connectivity index (χ2n) is 4.93. The lowest BCUT2D eigenvalue weighted by Crippen LogP contribution is -2.16. The van der Waals surface area contributed by atoms with Crippen molar-refractivity contribution >= 4 is 11.0 Å². The lowest BCUT2D eigenvalue weighted by Gasteiger charge is -2.13. The van der Waals surface area contributed by atoms with Gasteiger partial charge in [-0.05, 0) is 32.0 Å². The van der Waals surface area contributed by atoms with Crippen molar-refractivity contribution in [2.75, 3.05) is 26.3 Å². The van der Waals surface area contributed by atoms with Crippen molar-refractivity contribution in [1.82, 2.24) is 15.3 Å². The molecule has 1 atom stereocenters. The minimum Gasteiger partial charge on any atom is -0.474 e. The molecule has 0 radical (unpaired) electrons. The van der Waals surface area contributed by atoms with Gasteiger partial charge in [-0.25, -0.2) is 9.97 Å². The molecule has 106 valence electrons. The number of rotatable bonds is 5. The first-order valence-electron chi connectivity index (χ1n) is 7.10. The summed E-state index contributed by atoms with van der Waals surface area (Å²) in [5.41, 5.74) is 1.65. The van der Waals surface area contributed by atoms with E-state index in [0.717, 1.165) is 30.5 Å². The summed E-state index contributed by atoms with van der Waals surface area (Å²) < 4.78 is 11.4. The van der Waals surface area contributed by atoms with Crippen LogP contribution >= 0.6 is 0 Å². The molecule has 0 amide bonds. The Kier molecular flexibility index (Phi) is 3.97. The molecule has 1 aromatic carbocycles. The van der Waals surface area contributed by atoms with Gasteiger partial charge in [-0.3, -0.25) is 0 Å². The zero-order chi connectivity index (χ0) is 13.8. The van der Waals surface area contributed by atoms with E-state index in [1.807, 2.05) is 31.2 Å². The molecule has 20 heavy (non-hydrogen) atoms. The molecule has 5 nitrogen and oxygen atoms in total. The molecule has 0 bridgehead atoms. The molecular weight excluding hydrogens is 254 g/mol. The van der Waals surface area contributed by atoms with Crippen LogP contribution in [-0.4, -0.2) is 36.3 Å². The highest BCUT2D eigenvalue weighted by molar-refractivity contribution is 5.75. The van der Waals surface area contributed by atoms with Gasteiger partial charge in [0.25, 0.3) is 11.8 Å². The van der Waals surface area contributed by atoms with E-state index in [2.05, 4.69) is 15.3 Å². The van der Waals surface area contributed by atoms with Crippen molar-refractivity contribution in [3.05, 3.63) is 24.3 Å². The highest BCUT2D eigenvalue weighted by Gasteiger charge is 2.17. The van der Waals surface area contributed by atoms with Gasteiger partial charge in [0, 0.05) is 12.5 Å². The van der Waals surface area contributed by atoms with Crippen molar-refractivity contribution < 1.29 is 9.47 Å². The third kappa shape index (κ3) is 2.82. The molecule has 0 aliphatic carbocycles. The van der Waals surface area contributed by atoms with Gasteiger partial charge < -0.3 is 14.8 Å². The van der Waals surface area contributed by atoms with E-state index in [1.54, 1.807) is 0 Å². The molecule has 5 heteroatoms. The third-order valence-electron chi connectivity index (χ3n) is 3.41. The fraction of sp³-hybridized carbons (Fsp3) is 0.467. The number of nitrogens with zero attached hydrogens (tertiary/aromatic N) is 2. The molecule has 1 N–H and O–H groups in total. The zero-order valence-corrected chi connectivity index (χ0v) is 11.6. The fourth-order valence-electron chi connectivity index (χ4n) is 2.35. The van der Waals surface area contributed by atoms with E-state index >= 15 is 0 Å². The zero-order valence-electron chi connectivity index (χ0n) is 11.6. The Morgan fingerprint density at radius 1 is 1.15 bits per heavy atom. The first-order chi connectivity index (χ1) is 9.86. The van der Waals surface area contributed by atoms with Gasteiger partial charge >= 0.3 is 0 Å². The summed E-state index contributed by atoms with van der Waals surface area (Å²) in [6, 6.07) is 7.75. The Hall–Kier alpha value is -1.88. The minimum atomic E-state index is 0.483. The predicted octanol–water partition coefficient (Wildman–Crippen LogP) is 2.02. The topological polar surface area (TPSA) is 56.3 Å². The number of hydrogen-bond acceptors (Lipinski definition) is 5. The number of fused-ring (bicyclic) bond motifs is 1. The molecular formula is C15H19N3O2. The van der Waals surface area contributed by atoms with E-state index in [4.69, 9.17) is 9.47 Å². The summed E-state index contributed by atoms with van der Waals surface area (Å²) in [4.78, 5) is 9.01. The van der Waals surface area contributed by atoms with E-state index < -0.39 is 0 Å². The quantitative estimate of drug-likeness (QED) is 0.903. The molecule has 0 spiro atoms. The molecule has 2 heterocycles. The number of ether oxygens (including phenoxy) is 2. The Balaban J connectivity index is 1.84. The molecule has 1 unspecified atom stereocenters. The number of para-hydroxylation sites is 2. The molecule has 2 aromatic rings. The van der Waals surface area contributed by atoms with Crippen molar-refractivity contribution in [1.29, 1.82) is 0 Å². The van der Waals surface area contributed by atoms with Crippen LogP contribution < -0.4 is 14.8 Å². The summed E-state index contributed by atoms with van der Waals surface area (Å²) in [5.74, 6) is 1.52. The predicted molar refractivity (Wildman–Crippen MR) is 77.2 cm³/mol. The van der Waals surface area contributed by atoms with Gasteiger partial charge in [0.1, 0.15) is 0 Å². The number of aromatic nitrogens is 2. The maximum atomic E-state index is 5.84. The number of hydrogen-bond donors (Lipinski definition) is 1. The highest BCUT2D eigenvalue weighted by atomic mass is 16.5. The van der Waals surface area contributed by atoms with Gasteiger partial charge in [-0.15, -0.1) is 0 Å². The standard InChI is InChI=1S/C15H19N3O2/c1-2-19-14-15(20-10-11-7-8-16-9-11)18-13-6-4-3-5-12(13)17-14/h3-6,11,16H,2,7-10H2,1H3. The Morgan fingerprint density at radius 2 is 1.85 bits per heavy atom. The first-order valence-corrected chi connectivity index (χ1v) is 7.10. The van der Waals surface area contributed by atoms with Gasteiger partial charge in [-0.1, -0.05) is 12.1 Å². The second-order valence-corrected chi connectivity index (χ2v) is 4.93. The lowest BCUT2D eigenvalue weighted by atomic mass is 10.1. The summed E-state index contributed by atoms with van der Waals surface area (Å²) in [5, 5.41) is 3.33. The van der Waals surface area contributed by atoms with Gasteiger partial charge in [-0.2, -0.15) is 0 Å². The average molecular weight is 273 g/mol. The maximum Gasteiger partial charge on any atom is 0.278 e. The third-order valence-corrected chi connectivity index (χ3v) is 3.41. The lowest BCUT2D eigenvalue weighted by molar-refractivity contribution is 0.228. The Labute approximate surface area is 118 Å². The highest BCUT2D eigenvalue weighted by Crippen LogP contribution is 2.26. The second kappa shape index (κ2) is 6.05. The first kappa shape index (κ1) is 13.1. The van der Waals surface area contributed by atoms with Gasteiger partial charge in [0.05, 0.1) is 24.2 Å². The summed E-state index contributed by atoms with van der Waals surface area (Å²) >= 11 is 0. The summed E-state index contributed by atoms with van der Waals surface area (Å²) in [6.07, 6.45) is 1.14. The van der Waals surface area contributed by atoms with Crippen molar-refractivity contribution in [2.24, 2.45) is 5.92 Å². The van der Waals surface area contributed by atoms with Crippen LogP contribution in [0.4, 0.5) is 0 Å². The maximum absolute atomic E-state index is 5.84. The van der Waals surface area contributed by atoms with Crippen molar-refractivity contribution in [3.63, 3.8) is 0 Å². The molecule has 1 saturated heterocycles. The van der Waals surface area contributed by atoms with Crippen molar-refractivity contribution in [3.8, 4) is 11.8 Å². The van der Waals surface area contributed by atoms with Crippen LogP contribution in [-0.2, 0) is 0 Å². The van der Waals surface area contributed by atoms with Crippen LogP contribution in [0.5, 0.6) is 11.8 Å². The molecule has 3 rings (SSSR count). The normalized spacial score (nSPS) is 18.4. The van der Waals surface area contributed by atoms with E-state index in [-0.39, 0.29) is 0 Å². The fourth-order valence-corrected chi connectivity index (χ4v) is 2.35. The molecule has 1 aliphatic heterocycles. The smallest absolute Gasteiger partial charge is 0.278 e. The molecule has 1 aromatic heterocycles. The van der Waals surface area contributed by atoms with E-state index in [1.165, 1.54) is 0 Å². The number of nitrogens with one attached hydrogen (secondary N) is 1. The summed E-state index contributed by atoms with van der Waals surface area (Å²) in [7, 11) is 0. The van der Waals surface area contributed by atoms with Crippen LogP contribution in [0.3, 0.4) is 0 Å². The van der Waals surface area contributed by atoms with Gasteiger partial charge in [0.15, 0.2) is 0 Å². The average Bonchev–Trinajstić information content (AvgIpc) is 2.98. The van der Waals surface area contributed by atoms with Gasteiger partial charge in [0.2, 0.25) is 0 Å². The van der Waals surface area contributed by atoms with Crippen LogP contribution in [0.15, 0.2) is 24.3 Å². The van der Waals surface area contributed by atoms with E-state index in [9.17, 15) is 0 Å². The SMILES string of the molecule is CCOc1nc2ccccc2nc1OCC1CCNC1. The Morgan fingerprint density at radius 3 is 2.45 bits per heavy atom. The minimum absolute atomic E-state index is 0.483. The summed E-state index contributed by atoms with van der Waals surface area (Å²) in [6.45, 7) is 5.21. The number of benzene rings is 1. The molecule has 0 saturated carbocycles. The van der Waals surface area contributed by atoms with Crippen LogP contribution in [0.1, 0.15) is 13.3 Å². The van der Waals surface area contributed by atoms with Crippen LogP contribution in [0, 0.1) is 5.92 Å². The van der Waals surface area contributed by atoms with E-state index in [0.29, 0.717) is 30.9 Å². The molecule has 1 fully saturated rings.